The smallest absolute Gasteiger partial charge is 0.270 e. The number of carbonyl (C=O) groups is 2. The van der Waals surface area contributed by atoms with Gasteiger partial charge in [0.05, 0.1) is 27.0 Å². The van der Waals surface area contributed by atoms with Crippen molar-refractivity contribution in [3.8, 4) is 17.2 Å². The number of aryl methyl sites for hydroxylation is 1. The van der Waals surface area contributed by atoms with E-state index in [1.807, 2.05) is 13.0 Å². The summed E-state index contributed by atoms with van der Waals surface area (Å²) in [7, 11) is 4.59. The van der Waals surface area contributed by atoms with Gasteiger partial charge in [0.15, 0.2) is 5.11 Å². The van der Waals surface area contributed by atoms with Crippen LogP contribution in [-0.2, 0) is 9.59 Å². The summed E-state index contributed by atoms with van der Waals surface area (Å²) in [5.41, 5.74) is 1.94. The third-order valence-corrected chi connectivity index (χ3v) is 4.74. The predicted octanol–water partition coefficient (Wildman–Crippen LogP) is 2.85. The molecule has 2 amide bonds. The van der Waals surface area contributed by atoms with E-state index >= 15 is 0 Å². The van der Waals surface area contributed by atoms with E-state index in [4.69, 9.17) is 26.4 Å². The predicted molar refractivity (Wildman–Crippen MR) is 113 cm³/mol. The van der Waals surface area contributed by atoms with E-state index in [1.54, 1.807) is 37.4 Å². The molecule has 29 heavy (non-hydrogen) atoms. The zero-order valence-electron chi connectivity index (χ0n) is 16.4. The number of ether oxygens (including phenoxy) is 3. The summed E-state index contributed by atoms with van der Waals surface area (Å²) in [6.45, 7) is 1.88. The molecule has 1 N–H and O–H groups in total. The molecule has 0 bridgehead atoms. The number of anilines is 1. The summed E-state index contributed by atoms with van der Waals surface area (Å²) in [6.07, 6.45) is 1.52. The minimum atomic E-state index is -0.558. The van der Waals surface area contributed by atoms with E-state index in [1.165, 1.54) is 25.2 Å². The molecule has 1 aliphatic rings. The van der Waals surface area contributed by atoms with E-state index in [0.29, 0.717) is 22.7 Å². The van der Waals surface area contributed by atoms with E-state index in [-0.39, 0.29) is 10.7 Å². The van der Waals surface area contributed by atoms with Crippen LogP contribution in [0.25, 0.3) is 6.08 Å². The van der Waals surface area contributed by atoms with Gasteiger partial charge in [-0.25, -0.2) is 4.90 Å². The molecule has 8 heteroatoms. The first kappa shape index (κ1) is 20.3. The largest absolute Gasteiger partial charge is 0.497 e. The van der Waals surface area contributed by atoms with Crippen LogP contribution in [0.5, 0.6) is 17.2 Å². The van der Waals surface area contributed by atoms with Gasteiger partial charge in [-0.15, -0.1) is 0 Å². The minimum Gasteiger partial charge on any atom is -0.497 e. The van der Waals surface area contributed by atoms with Crippen molar-refractivity contribution in [2.75, 3.05) is 26.2 Å². The molecular weight excluding hydrogens is 392 g/mol. The van der Waals surface area contributed by atoms with Gasteiger partial charge in [-0.05, 0) is 60.6 Å². The normalized spacial score (nSPS) is 15.4. The van der Waals surface area contributed by atoms with Crippen molar-refractivity contribution >= 4 is 40.9 Å². The second-order valence-corrected chi connectivity index (χ2v) is 6.61. The molecule has 0 spiro atoms. The van der Waals surface area contributed by atoms with Crippen LogP contribution in [0.4, 0.5) is 5.69 Å². The highest BCUT2D eigenvalue weighted by molar-refractivity contribution is 7.80. The Hall–Kier alpha value is -3.39. The number of benzene rings is 2. The Morgan fingerprint density at radius 2 is 1.69 bits per heavy atom. The fourth-order valence-corrected chi connectivity index (χ4v) is 3.28. The number of methoxy groups -OCH3 is 3. The van der Waals surface area contributed by atoms with Gasteiger partial charge in [-0.1, -0.05) is 6.07 Å². The van der Waals surface area contributed by atoms with Crippen LogP contribution in [0.3, 0.4) is 0 Å². The summed E-state index contributed by atoms with van der Waals surface area (Å²) in [5, 5.41) is 2.54. The molecule has 1 aliphatic heterocycles. The number of thiocarbonyl (C=S) groups is 1. The van der Waals surface area contributed by atoms with Crippen LogP contribution in [0.15, 0.2) is 42.0 Å². The molecule has 1 saturated heterocycles. The quantitative estimate of drug-likeness (QED) is 0.462. The molecular formula is C21H20N2O5S. The van der Waals surface area contributed by atoms with Crippen LogP contribution in [0.2, 0.25) is 0 Å². The van der Waals surface area contributed by atoms with Gasteiger partial charge in [0.25, 0.3) is 11.8 Å². The fourth-order valence-electron chi connectivity index (χ4n) is 3.00. The van der Waals surface area contributed by atoms with Crippen LogP contribution in [0.1, 0.15) is 11.1 Å². The van der Waals surface area contributed by atoms with Gasteiger partial charge in [0.1, 0.15) is 22.8 Å². The molecule has 3 rings (SSSR count). The Balaban J connectivity index is 2.04. The number of carbonyl (C=O) groups excluding carboxylic acids is 2. The zero-order valence-corrected chi connectivity index (χ0v) is 17.3. The number of nitrogens with zero attached hydrogens (tertiary/aromatic N) is 1. The average Bonchev–Trinajstić information content (AvgIpc) is 2.71. The number of nitrogens with one attached hydrogen (secondary N) is 1. The van der Waals surface area contributed by atoms with Gasteiger partial charge in [-0.3, -0.25) is 14.9 Å². The zero-order chi connectivity index (χ0) is 21.1. The number of rotatable bonds is 5. The molecule has 1 heterocycles. The summed E-state index contributed by atoms with van der Waals surface area (Å²) >= 11 is 5.25. The van der Waals surface area contributed by atoms with Gasteiger partial charge in [0, 0.05) is 6.07 Å². The summed E-state index contributed by atoms with van der Waals surface area (Å²) in [5.74, 6) is 0.565. The van der Waals surface area contributed by atoms with E-state index < -0.39 is 11.8 Å². The number of hydrogen-bond donors (Lipinski definition) is 1. The Bertz CT molecular complexity index is 1030. The minimum absolute atomic E-state index is 0.0217. The molecule has 2 aromatic carbocycles. The first-order valence-corrected chi connectivity index (χ1v) is 9.08. The molecule has 7 nitrogen and oxygen atoms in total. The highest BCUT2D eigenvalue weighted by Gasteiger charge is 2.36. The molecule has 0 unspecified atom stereocenters. The Kier molecular flexibility index (Phi) is 5.84. The molecule has 0 aliphatic carbocycles. The highest BCUT2D eigenvalue weighted by atomic mass is 32.1. The summed E-state index contributed by atoms with van der Waals surface area (Å²) in [4.78, 5) is 26.9. The lowest BCUT2D eigenvalue weighted by molar-refractivity contribution is -0.122. The average molecular weight is 412 g/mol. The molecule has 0 saturated carbocycles. The Morgan fingerprint density at radius 1 is 0.966 bits per heavy atom. The van der Waals surface area contributed by atoms with Crippen molar-refractivity contribution < 1.29 is 23.8 Å². The van der Waals surface area contributed by atoms with Crippen LogP contribution in [0, 0.1) is 6.92 Å². The maximum Gasteiger partial charge on any atom is 0.270 e. The lowest BCUT2D eigenvalue weighted by atomic mass is 10.0. The Morgan fingerprint density at radius 3 is 2.31 bits per heavy atom. The van der Waals surface area contributed by atoms with Gasteiger partial charge in [-0.2, -0.15) is 0 Å². The van der Waals surface area contributed by atoms with Crippen molar-refractivity contribution in [3.63, 3.8) is 0 Å². The topological polar surface area (TPSA) is 77.1 Å². The van der Waals surface area contributed by atoms with E-state index in [0.717, 1.165) is 11.3 Å². The molecule has 150 valence electrons. The Labute approximate surface area is 173 Å². The maximum absolute atomic E-state index is 13.2. The van der Waals surface area contributed by atoms with Crippen LogP contribution >= 0.6 is 12.2 Å². The molecule has 0 atom stereocenters. The highest BCUT2D eigenvalue weighted by Crippen LogP contribution is 2.34. The summed E-state index contributed by atoms with van der Waals surface area (Å²) < 4.78 is 15.8. The van der Waals surface area contributed by atoms with E-state index in [9.17, 15) is 9.59 Å². The molecule has 1 fully saturated rings. The van der Waals surface area contributed by atoms with Gasteiger partial charge < -0.3 is 14.2 Å². The second-order valence-electron chi connectivity index (χ2n) is 6.22. The van der Waals surface area contributed by atoms with Crippen LogP contribution in [-0.4, -0.2) is 38.3 Å². The third kappa shape index (κ3) is 3.93. The summed E-state index contributed by atoms with van der Waals surface area (Å²) in [6, 6.07) is 10.3. The van der Waals surface area contributed by atoms with Crippen molar-refractivity contribution in [2.45, 2.75) is 6.92 Å². The second kappa shape index (κ2) is 8.32. The molecule has 2 aromatic rings. The standard InChI is InChI=1S/C21H20N2O5S/c1-12-9-13(5-8-17(12)27-3)10-15-19(24)22-21(29)23(20(15)25)16-7-6-14(26-2)11-18(16)28-4/h5-11H,1-4H3,(H,22,24,29)/b15-10+. The van der Waals surface area contributed by atoms with Crippen molar-refractivity contribution in [1.82, 2.24) is 5.32 Å². The van der Waals surface area contributed by atoms with Crippen molar-refractivity contribution in [1.29, 1.82) is 0 Å². The van der Waals surface area contributed by atoms with E-state index in [2.05, 4.69) is 5.32 Å². The maximum atomic E-state index is 13.2. The van der Waals surface area contributed by atoms with Gasteiger partial charge in [0.2, 0.25) is 0 Å². The first-order valence-electron chi connectivity index (χ1n) is 8.67. The lowest BCUT2D eigenvalue weighted by Gasteiger charge is -2.30. The monoisotopic (exact) mass is 412 g/mol. The van der Waals surface area contributed by atoms with Crippen molar-refractivity contribution in [2.24, 2.45) is 0 Å². The van der Waals surface area contributed by atoms with Gasteiger partial charge >= 0.3 is 0 Å². The fraction of sp³-hybridized carbons (Fsp3) is 0.190. The number of amides is 2. The first-order chi connectivity index (χ1) is 13.9. The SMILES string of the molecule is COc1ccc(N2C(=O)/C(=C/c3ccc(OC)c(C)c3)C(=O)NC2=S)c(OC)c1. The van der Waals surface area contributed by atoms with Crippen LogP contribution < -0.4 is 24.4 Å². The van der Waals surface area contributed by atoms with Crippen molar-refractivity contribution in [3.05, 3.63) is 53.1 Å². The molecule has 0 aromatic heterocycles. The third-order valence-electron chi connectivity index (χ3n) is 4.46. The lowest BCUT2D eigenvalue weighted by Crippen LogP contribution is -2.54. The molecule has 0 radical (unpaired) electrons. The number of hydrogen-bond acceptors (Lipinski definition) is 6.